The highest BCUT2D eigenvalue weighted by molar-refractivity contribution is 9.11. The quantitative estimate of drug-likeness (QED) is 0.896. The highest BCUT2D eigenvalue weighted by atomic mass is 79.9. The summed E-state index contributed by atoms with van der Waals surface area (Å²) in [4.78, 5) is 4.64. The Bertz CT molecular complexity index is 499. The summed E-state index contributed by atoms with van der Waals surface area (Å²) in [5.74, 6) is 2.49. The average Bonchev–Trinajstić information content (AvgIpc) is 2.98. The van der Waals surface area contributed by atoms with Crippen LogP contribution in [0.2, 0.25) is 0 Å². The zero-order valence-electron chi connectivity index (χ0n) is 9.45. The highest BCUT2D eigenvalue weighted by Crippen LogP contribution is 2.32. The summed E-state index contributed by atoms with van der Waals surface area (Å²) in [5.41, 5.74) is 1.10. The van der Waals surface area contributed by atoms with Crippen molar-refractivity contribution in [3.8, 4) is 11.4 Å². The molecule has 1 N–H and O–H groups in total. The van der Waals surface area contributed by atoms with Crippen LogP contribution in [0.3, 0.4) is 0 Å². The lowest BCUT2D eigenvalue weighted by Gasteiger charge is -2.18. The summed E-state index contributed by atoms with van der Waals surface area (Å²) in [6, 6.07) is 2.07. The Morgan fingerprint density at radius 3 is 2.82 bits per heavy atom. The lowest BCUT2D eigenvalue weighted by Crippen LogP contribution is -2.06. The number of halogens is 1. The van der Waals surface area contributed by atoms with E-state index in [0.717, 1.165) is 21.0 Å². The zero-order chi connectivity index (χ0) is 11.7. The number of thiophene rings is 1. The van der Waals surface area contributed by atoms with Gasteiger partial charge in [-0.25, -0.2) is 4.98 Å². The SMILES string of the molecule is Brc1cc(-c2n[nH]c(C3CCCCC3)n2)cs1. The topological polar surface area (TPSA) is 41.6 Å². The first-order valence-electron chi connectivity index (χ1n) is 5.99. The Hall–Kier alpha value is -0.680. The minimum absolute atomic E-state index is 0.590. The van der Waals surface area contributed by atoms with Gasteiger partial charge in [0.1, 0.15) is 5.82 Å². The predicted molar refractivity (Wildman–Crippen MR) is 73.2 cm³/mol. The molecule has 1 saturated carbocycles. The molecule has 2 aromatic rings. The summed E-state index contributed by atoms with van der Waals surface area (Å²) in [7, 11) is 0. The van der Waals surface area contributed by atoms with Crippen LogP contribution in [0.1, 0.15) is 43.8 Å². The fourth-order valence-electron chi connectivity index (χ4n) is 2.39. The van der Waals surface area contributed by atoms with Gasteiger partial charge in [0.2, 0.25) is 0 Å². The van der Waals surface area contributed by atoms with Crippen LogP contribution in [0.25, 0.3) is 11.4 Å². The monoisotopic (exact) mass is 311 g/mol. The van der Waals surface area contributed by atoms with Gasteiger partial charge in [0.25, 0.3) is 0 Å². The van der Waals surface area contributed by atoms with Crippen molar-refractivity contribution in [1.29, 1.82) is 0 Å². The van der Waals surface area contributed by atoms with Crippen molar-refractivity contribution in [3.63, 3.8) is 0 Å². The average molecular weight is 312 g/mol. The van der Waals surface area contributed by atoms with Gasteiger partial charge in [-0.2, -0.15) is 5.10 Å². The number of hydrogen-bond donors (Lipinski definition) is 1. The first kappa shape index (κ1) is 11.4. The third kappa shape index (κ3) is 2.45. The van der Waals surface area contributed by atoms with E-state index in [0.29, 0.717) is 5.92 Å². The number of aromatic nitrogens is 3. The van der Waals surface area contributed by atoms with Crippen molar-refractivity contribution >= 4 is 27.3 Å². The van der Waals surface area contributed by atoms with Crippen LogP contribution in [0.5, 0.6) is 0 Å². The van der Waals surface area contributed by atoms with Gasteiger partial charge in [0.15, 0.2) is 5.82 Å². The van der Waals surface area contributed by atoms with E-state index in [2.05, 4.69) is 42.6 Å². The molecule has 1 fully saturated rings. The molecule has 0 radical (unpaired) electrons. The molecular formula is C12H14BrN3S. The van der Waals surface area contributed by atoms with E-state index in [1.807, 2.05) is 0 Å². The van der Waals surface area contributed by atoms with E-state index in [9.17, 15) is 0 Å². The lowest BCUT2D eigenvalue weighted by molar-refractivity contribution is 0.429. The van der Waals surface area contributed by atoms with E-state index in [-0.39, 0.29) is 0 Å². The number of nitrogens with one attached hydrogen (secondary N) is 1. The van der Waals surface area contributed by atoms with Crippen LogP contribution < -0.4 is 0 Å². The molecule has 2 heterocycles. The van der Waals surface area contributed by atoms with E-state index in [4.69, 9.17) is 0 Å². The molecule has 90 valence electrons. The summed E-state index contributed by atoms with van der Waals surface area (Å²) < 4.78 is 1.12. The van der Waals surface area contributed by atoms with Crippen molar-refractivity contribution in [3.05, 3.63) is 21.1 Å². The molecule has 0 atom stereocenters. The zero-order valence-corrected chi connectivity index (χ0v) is 11.9. The molecule has 3 rings (SSSR count). The van der Waals surface area contributed by atoms with Crippen LogP contribution >= 0.6 is 27.3 Å². The fourth-order valence-corrected chi connectivity index (χ4v) is 3.52. The van der Waals surface area contributed by atoms with Gasteiger partial charge < -0.3 is 0 Å². The van der Waals surface area contributed by atoms with Gasteiger partial charge in [-0.1, -0.05) is 19.3 Å². The summed E-state index contributed by atoms with van der Waals surface area (Å²) in [6.07, 6.45) is 6.52. The second-order valence-corrected chi connectivity index (χ2v) is 6.81. The van der Waals surface area contributed by atoms with Crippen molar-refractivity contribution < 1.29 is 0 Å². The fraction of sp³-hybridized carbons (Fsp3) is 0.500. The molecule has 2 aromatic heterocycles. The molecule has 0 aromatic carbocycles. The standard InChI is InChI=1S/C12H14BrN3S/c13-10-6-9(7-17-10)12-14-11(15-16-12)8-4-2-1-3-5-8/h6-8H,1-5H2,(H,14,15,16). The molecule has 3 nitrogen and oxygen atoms in total. The van der Waals surface area contributed by atoms with E-state index < -0.39 is 0 Å². The Kier molecular flexibility index (Phi) is 3.29. The smallest absolute Gasteiger partial charge is 0.182 e. The summed E-state index contributed by atoms with van der Waals surface area (Å²) in [5, 5.41) is 9.52. The van der Waals surface area contributed by atoms with Crippen LogP contribution in [0.15, 0.2) is 15.2 Å². The summed E-state index contributed by atoms with van der Waals surface area (Å²) >= 11 is 5.13. The molecule has 0 amide bonds. The van der Waals surface area contributed by atoms with E-state index in [1.54, 1.807) is 11.3 Å². The third-order valence-corrected chi connectivity index (χ3v) is 4.82. The lowest BCUT2D eigenvalue weighted by atomic mass is 9.89. The van der Waals surface area contributed by atoms with Crippen LogP contribution in [0, 0.1) is 0 Å². The van der Waals surface area contributed by atoms with Crippen LogP contribution in [-0.4, -0.2) is 15.2 Å². The number of rotatable bonds is 2. The van der Waals surface area contributed by atoms with Gasteiger partial charge in [-0.3, -0.25) is 5.10 Å². The molecular weight excluding hydrogens is 298 g/mol. The summed E-state index contributed by atoms with van der Waals surface area (Å²) in [6.45, 7) is 0. The molecule has 0 aliphatic heterocycles. The first-order chi connectivity index (χ1) is 8.33. The maximum absolute atomic E-state index is 4.64. The van der Waals surface area contributed by atoms with Crippen LogP contribution in [-0.2, 0) is 0 Å². The van der Waals surface area contributed by atoms with Gasteiger partial charge in [0.05, 0.1) is 3.79 Å². The first-order valence-corrected chi connectivity index (χ1v) is 7.67. The normalized spacial score (nSPS) is 17.5. The molecule has 0 spiro atoms. The second kappa shape index (κ2) is 4.90. The van der Waals surface area contributed by atoms with Crippen molar-refractivity contribution in [2.45, 2.75) is 38.0 Å². The molecule has 0 bridgehead atoms. The number of nitrogens with zero attached hydrogens (tertiary/aromatic N) is 2. The third-order valence-electron chi connectivity index (χ3n) is 3.32. The Morgan fingerprint density at radius 2 is 2.12 bits per heavy atom. The Labute approximate surface area is 113 Å². The predicted octanol–water partition coefficient (Wildman–Crippen LogP) is 4.34. The van der Waals surface area contributed by atoms with Gasteiger partial charge >= 0.3 is 0 Å². The largest absolute Gasteiger partial charge is 0.262 e. The van der Waals surface area contributed by atoms with Gasteiger partial charge in [-0.15, -0.1) is 11.3 Å². The highest BCUT2D eigenvalue weighted by Gasteiger charge is 2.19. The Morgan fingerprint density at radius 1 is 1.29 bits per heavy atom. The van der Waals surface area contributed by atoms with E-state index >= 15 is 0 Å². The molecule has 5 heteroatoms. The molecule has 0 unspecified atom stereocenters. The van der Waals surface area contributed by atoms with Crippen molar-refractivity contribution in [2.24, 2.45) is 0 Å². The molecule has 1 aliphatic carbocycles. The second-order valence-electron chi connectivity index (χ2n) is 4.52. The molecule has 17 heavy (non-hydrogen) atoms. The molecule has 0 saturated heterocycles. The number of aromatic amines is 1. The van der Waals surface area contributed by atoms with Crippen molar-refractivity contribution in [2.75, 3.05) is 0 Å². The van der Waals surface area contributed by atoms with Gasteiger partial charge in [-0.05, 0) is 34.8 Å². The van der Waals surface area contributed by atoms with Crippen molar-refractivity contribution in [1.82, 2.24) is 15.2 Å². The number of hydrogen-bond acceptors (Lipinski definition) is 3. The maximum Gasteiger partial charge on any atom is 0.182 e. The molecule has 1 aliphatic rings. The minimum atomic E-state index is 0.590. The Balaban J connectivity index is 1.82. The van der Waals surface area contributed by atoms with Gasteiger partial charge in [0, 0.05) is 16.9 Å². The minimum Gasteiger partial charge on any atom is -0.262 e. The number of H-pyrrole nitrogens is 1. The van der Waals surface area contributed by atoms with Crippen LogP contribution in [0.4, 0.5) is 0 Å². The maximum atomic E-state index is 4.64. The van der Waals surface area contributed by atoms with E-state index in [1.165, 1.54) is 32.1 Å².